The van der Waals surface area contributed by atoms with Gasteiger partial charge in [-0.15, -0.1) is 0 Å². The van der Waals surface area contributed by atoms with Crippen molar-refractivity contribution >= 4 is 23.2 Å². The van der Waals surface area contributed by atoms with Crippen LogP contribution in [-0.4, -0.2) is 21.7 Å². The largest absolute Gasteiger partial charge is 0.506 e. The van der Waals surface area contributed by atoms with E-state index in [4.69, 9.17) is 11.6 Å². The Morgan fingerprint density at radius 2 is 2.18 bits per heavy atom. The molecular weight excluding hydrogens is 242 g/mol. The van der Waals surface area contributed by atoms with Gasteiger partial charge >= 0.3 is 0 Å². The molecule has 2 rings (SSSR count). The standard InChI is InChI=1S/C12H14ClNO3/c1-7(15)14-11-8(6-12(17)4-5-12)9(13)2-3-10(11)16/h2-3,16-17H,4-6H2,1H3,(H,14,15). The Hall–Kier alpha value is -1.26. The maximum atomic E-state index is 11.1. The van der Waals surface area contributed by atoms with E-state index in [1.807, 2.05) is 0 Å². The highest BCUT2D eigenvalue weighted by atomic mass is 35.5. The maximum Gasteiger partial charge on any atom is 0.221 e. The third-order valence-electron chi connectivity index (χ3n) is 2.87. The minimum Gasteiger partial charge on any atom is -0.506 e. The van der Waals surface area contributed by atoms with Crippen molar-refractivity contribution in [2.45, 2.75) is 31.8 Å². The molecular formula is C12H14ClNO3. The number of phenols is 1. The second-order valence-electron chi connectivity index (χ2n) is 4.50. The average molecular weight is 256 g/mol. The summed E-state index contributed by atoms with van der Waals surface area (Å²) in [6.07, 6.45) is 1.78. The first-order valence-corrected chi connectivity index (χ1v) is 5.79. The number of carbonyl (C=O) groups excluding carboxylic acids is 1. The molecule has 0 saturated heterocycles. The van der Waals surface area contributed by atoms with Crippen LogP contribution in [0.5, 0.6) is 5.75 Å². The summed E-state index contributed by atoms with van der Waals surface area (Å²) < 4.78 is 0. The van der Waals surface area contributed by atoms with Crippen LogP contribution in [0, 0.1) is 0 Å². The molecule has 0 aliphatic heterocycles. The second-order valence-corrected chi connectivity index (χ2v) is 4.91. The van der Waals surface area contributed by atoms with E-state index in [0.717, 1.165) is 12.8 Å². The second kappa shape index (κ2) is 4.20. The molecule has 1 aliphatic carbocycles. The summed E-state index contributed by atoms with van der Waals surface area (Å²) in [5.41, 5.74) is 0.150. The van der Waals surface area contributed by atoms with E-state index in [1.165, 1.54) is 13.0 Å². The third kappa shape index (κ3) is 2.70. The number of hydrogen-bond acceptors (Lipinski definition) is 3. The molecule has 0 unspecified atom stereocenters. The molecule has 0 bridgehead atoms. The number of benzene rings is 1. The molecule has 0 atom stereocenters. The Balaban J connectivity index is 2.38. The van der Waals surface area contributed by atoms with Crippen molar-refractivity contribution in [3.05, 3.63) is 22.7 Å². The van der Waals surface area contributed by atoms with Crippen LogP contribution in [0.15, 0.2) is 12.1 Å². The zero-order chi connectivity index (χ0) is 12.6. The molecule has 0 radical (unpaired) electrons. The van der Waals surface area contributed by atoms with Crippen molar-refractivity contribution in [1.82, 2.24) is 0 Å². The lowest BCUT2D eigenvalue weighted by atomic mass is 10.0. The van der Waals surface area contributed by atoms with Gasteiger partial charge in [-0.2, -0.15) is 0 Å². The van der Waals surface area contributed by atoms with Gasteiger partial charge in [-0.1, -0.05) is 11.6 Å². The van der Waals surface area contributed by atoms with Gasteiger partial charge < -0.3 is 15.5 Å². The zero-order valence-electron chi connectivity index (χ0n) is 9.46. The summed E-state index contributed by atoms with van der Waals surface area (Å²) in [5.74, 6) is -0.324. The minimum absolute atomic E-state index is 0.0381. The number of amides is 1. The molecule has 1 saturated carbocycles. The topological polar surface area (TPSA) is 69.6 Å². The Morgan fingerprint density at radius 3 is 2.71 bits per heavy atom. The van der Waals surface area contributed by atoms with Gasteiger partial charge in [0, 0.05) is 23.9 Å². The molecule has 3 N–H and O–H groups in total. The molecule has 17 heavy (non-hydrogen) atoms. The third-order valence-corrected chi connectivity index (χ3v) is 3.22. The number of hydrogen-bond donors (Lipinski definition) is 3. The molecule has 1 aromatic rings. The number of aliphatic hydroxyl groups is 1. The van der Waals surface area contributed by atoms with Crippen molar-refractivity contribution in [2.75, 3.05) is 5.32 Å². The fourth-order valence-corrected chi connectivity index (χ4v) is 1.97. The molecule has 92 valence electrons. The van der Waals surface area contributed by atoms with E-state index in [9.17, 15) is 15.0 Å². The monoisotopic (exact) mass is 255 g/mol. The number of phenolic OH excluding ortho intramolecular Hbond substituents is 1. The first-order chi connectivity index (χ1) is 7.91. The SMILES string of the molecule is CC(=O)Nc1c(O)ccc(Cl)c1CC1(O)CC1. The average Bonchev–Trinajstić information content (AvgIpc) is 2.95. The molecule has 1 fully saturated rings. The fraction of sp³-hybridized carbons (Fsp3) is 0.417. The van der Waals surface area contributed by atoms with Crippen LogP contribution in [-0.2, 0) is 11.2 Å². The van der Waals surface area contributed by atoms with Crippen LogP contribution in [0.1, 0.15) is 25.3 Å². The van der Waals surface area contributed by atoms with E-state index in [1.54, 1.807) is 6.07 Å². The molecule has 1 aromatic carbocycles. The van der Waals surface area contributed by atoms with Gasteiger partial charge in [-0.25, -0.2) is 0 Å². The quantitative estimate of drug-likeness (QED) is 0.724. The maximum absolute atomic E-state index is 11.1. The van der Waals surface area contributed by atoms with E-state index in [0.29, 0.717) is 22.7 Å². The summed E-state index contributed by atoms with van der Waals surface area (Å²) in [6, 6.07) is 2.98. The van der Waals surface area contributed by atoms with Gasteiger partial charge in [0.05, 0.1) is 11.3 Å². The Morgan fingerprint density at radius 1 is 1.53 bits per heavy atom. The number of rotatable bonds is 3. The number of halogens is 1. The smallest absolute Gasteiger partial charge is 0.221 e. The lowest BCUT2D eigenvalue weighted by Gasteiger charge is -2.16. The first-order valence-electron chi connectivity index (χ1n) is 5.42. The molecule has 4 nitrogen and oxygen atoms in total. The number of aromatic hydroxyl groups is 1. The summed E-state index contributed by atoms with van der Waals surface area (Å²) >= 11 is 6.05. The van der Waals surface area contributed by atoms with Crippen LogP contribution in [0.3, 0.4) is 0 Å². The molecule has 0 aromatic heterocycles. The normalized spacial score (nSPS) is 16.6. The zero-order valence-corrected chi connectivity index (χ0v) is 10.2. The number of carbonyl (C=O) groups is 1. The molecule has 0 spiro atoms. The highest BCUT2D eigenvalue weighted by molar-refractivity contribution is 6.32. The first kappa shape index (κ1) is 12.2. The van der Waals surface area contributed by atoms with Crippen LogP contribution < -0.4 is 5.32 Å². The van der Waals surface area contributed by atoms with Crippen molar-refractivity contribution in [3.8, 4) is 5.75 Å². The molecule has 1 amide bonds. The number of anilines is 1. The summed E-state index contributed by atoms with van der Waals surface area (Å²) in [7, 11) is 0. The van der Waals surface area contributed by atoms with Gasteiger partial charge in [0.2, 0.25) is 5.91 Å². The highest BCUT2D eigenvalue weighted by Gasteiger charge is 2.41. The Bertz CT molecular complexity index is 469. The summed E-state index contributed by atoms with van der Waals surface area (Å²) in [6.45, 7) is 1.36. The minimum atomic E-state index is -0.731. The molecule has 1 aliphatic rings. The van der Waals surface area contributed by atoms with E-state index in [-0.39, 0.29) is 11.7 Å². The van der Waals surface area contributed by atoms with Crippen molar-refractivity contribution < 1.29 is 15.0 Å². The summed E-state index contributed by atoms with van der Waals surface area (Å²) in [5, 5.41) is 22.6. The van der Waals surface area contributed by atoms with Gasteiger partial charge in [-0.05, 0) is 25.0 Å². The van der Waals surface area contributed by atoms with Gasteiger partial charge in [0.1, 0.15) is 5.75 Å². The van der Waals surface area contributed by atoms with Crippen molar-refractivity contribution in [2.24, 2.45) is 0 Å². The van der Waals surface area contributed by atoms with Crippen LogP contribution in [0.25, 0.3) is 0 Å². The van der Waals surface area contributed by atoms with Crippen LogP contribution in [0.2, 0.25) is 5.02 Å². The predicted molar refractivity (Wildman–Crippen MR) is 65.3 cm³/mol. The fourth-order valence-electron chi connectivity index (χ4n) is 1.75. The molecule has 0 heterocycles. The van der Waals surface area contributed by atoms with Crippen LogP contribution in [0.4, 0.5) is 5.69 Å². The number of nitrogens with one attached hydrogen (secondary N) is 1. The van der Waals surface area contributed by atoms with Crippen molar-refractivity contribution in [1.29, 1.82) is 0 Å². The van der Waals surface area contributed by atoms with Crippen LogP contribution >= 0.6 is 11.6 Å². The van der Waals surface area contributed by atoms with E-state index in [2.05, 4.69) is 5.32 Å². The molecule has 5 heteroatoms. The summed E-state index contributed by atoms with van der Waals surface area (Å²) in [4.78, 5) is 11.1. The van der Waals surface area contributed by atoms with Gasteiger partial charge in [0.15, 0.2) is 0 Å². The van der Waals surface area contributed by atoms with Crippen molar-refractivity contribution in [3.63, 3.8) is 0 Å². The lowest BCUT2D eigenvalue weighted by Crippen LogP contribution is -2.15. The lowest BCUT2D eigenvalue weighted by molar-refractivity contribution is -0.114. The predicted octanol–water partition coefficient (Wildman–Crippen LogP) is 2.07. The highest BCUT2D eigenvalue weighted by Crippen LogP contribution is 2.43. The van der Waals surface area contributed by atoms with E-state index >= 15 is 0 Å². The van der Waals surface area contributed by atoms with Gasteiger partial charge in [-0.3, -0.25) is 4.79 Å². The Kier molecular flexibility index (Phi) is 3.02. The Labute approximate surface area is 104 Å². The van der Waals surface area contributed by atoms with Gasteiger partial charge in [0.25, 0.3) is 0 Å². The van der Waals surface area contributed by atoms with E-state index < -0.39 is 5.60 Å².